The predicted octanol–water partition coefficient (Wildman–Crippen LogP) is 11.9. The number of carbonyl (C=O) groups is 1. The van der Waals surface area contributed by atoms with E-state index in [0.717, 1.165) is 147 Å². The number of aromatic nitrogens is 2. The number of alkyl halides is 1. The molecule has 5 saturated heterocycles. The van der Waals surface area contributed by atoms with Gasteiger partial charge in [-0.25, -0.2) is 47.1 Å². The quantitative estimate of drug-likeness (QED) is 0.00714. The molecule has 0 aliphatic carbocycles. The zero-order valence-corrected chi connectivity index (χ0v) is 78.9. The molecule has 0 saturated carbocycles. The molecule has 0 unspecified atom stereocenters. The first-order valence-corrected chi connectivity index (χ1v) is 55.9. The van der Waals surface area contributed by atoms with E-state index < -0.39 is 54.1 Å². The molecule has 0 radical (unpaired) electrons. The number of nitrogen functional groups attached to an aromatic ring is 2. The Hall–Kier alpha value is -6.26. The van der Waals surface area contributed by atoms with Crippen molar-refractivity contribution in [2.75, 3.05) is 253 Å². The Morgan fingerprint density at radius 1 is 0.574 bits per heavy atom. The zero-order valence-electron chi connectivity index (χ0n) is 66.9. The van der Waals surface area contributed by atoms with Gasteiger partial charge in [-0.1, -0.05) is 58.3 Å². The Kier molecular flexibility index (Phi) is 59.8. The Morgan fingerprint density at radius 3 is 1.18 bits per heavy atom. The number of nitrogens with zero attached hydrogens (tertiary/aromatic N) is 11. The second-order valence-electron chi connectivity index (χ2n) is 26.9. The lowest BCUT2D eigenvalue weighted by molar-refractivity contribution is -0.385. The number of nitro benzene ring substituents is 2. The predicted molar refractivity (Wildman–Crippen MR) is 518 cm³/mol. The molecule has 0 atom stereocenters. The lowest BCUT2D eigenvalue weighted by atomic mass is 10.2. The molecule has 5 aliphatic heterocycles. The van der Waals surface area contributed by atoms with Gasteiger partial charge in [-0.05, 0) is 162 Å². The summed E-state index contributed by atoms with van der Waals surface area (Å²) in [5.41, 5.74) is 18.1. The zero-order chi connectivity index (χ0) is 88.1. The fourth-order valence-electron chi connectivity index (χ4n) is 10.7. The van der Waals surface area contributed by atoms with Crippen molar-refractivity contribution in [1.82, 2.24) is 30.0 Å². The minimum atomic E-state index is -2.92. The number of aliphatic hydroxyl groups is 1. The normalized spacial score (nSPS) is 14.7. The highest BCUT2D eigenvalue weighted by Crippen LogP contribution is 2.59. The second-order valence-corrected chi connectivity index (χ2v) is 54.6. The van der Waals surface area contributed by atoms with Crippen molar-refractivity contribution in [3.8, 4) is 17.4 Å². The van der Waals surface area contributed by atoms with E-state index in [1.54, 1.807) is 48.5 Å². The number of aliphatic hydroxyl groups excluding tert-OH is 1. The molecule has 11 rings (SSSR count). The Labute approximate surface area is 762 Å². The standard InChI is InChI=1S/C14H12ClN3O3.C13H19N3O4S.2C13H21N3O2S.C10H13N3O2.C4H8O.C3H7BrO2S.C3H8O3S.4CH4.Br3P/c1-3-12(19)17-9-5-4-6-10(7-9)21-13-11(20-2)8-16-14(15)18-13;1-21(19,20)11-10-14-6-8-15(9-7-14)12-2-4-13(5-3-12)16(17)18;2*1-19(17,18)11-10-15-6-8-16(9-7-15)13-4-2-12(14)3-5-13;14-13(15)10-3-1-9(2-4-10)12-7-5-11-6-8-12;1-2-4-5-3-1;2*1-7(5,6)3-2-4;;;;;1-4(2)3/h3-8H,1H2,2H3,(H,17,19);2-5H,6-11H2,1H3;2*2-5H,6-11,14H2,1H3;1-4,11H,5-8H2;1-4H2;2-3H2,1H3;4H,2-3H2,1H3;4*1H4;. The maximum Gasteiger partial charge on any atom is 0.269 e. The number of nitro groups is 2. The van der Waals surface area contributed by atoms with Gasteiger partial charge >= 0.3 is 0 Å². The van der Waals surface area contributed by atoms with Gasteiger partial charge in [0.05, 0.1) is 58.5 Å². The number of sulfone groups is 5. The number of carbonyl (C=O) groups excluding carboxylic acids is 1. The van der Waals surface area contributed by atoms with E-state index in [-0.39, 0.29) is 102 Å². The largest absolute Gasteiger partial charge is 0.490 e. The van der Waals surface area contributed by atoms with Crippen molar-refractivity contribution >= 4 is 184 Å². The van der Waals surface area contributed by atoms with Crippen molar-refractivity contribution in [2.45, 2.75) is 42.5 Å². The molecular formula is C77H125Br4ClN15O19PS5. The molecule has 1 amide bonds. The fourth-order valence-corrected chi connectivity index (χ4v) is 15.0. The third-order valence-corrected chi connectivity index (χ3v) is 22.8. The molecule has 1 aromatic heterocycles. The van der Waals surface area contributed by atoms with E-state index in [0.29, 0.717) is 42.2 Å². The van der Waals surface area contributed by atoms with Gasteiger partial charge in [0.1, 0.15) is 59.0 Å². The summed E-state index contributed by atoms with van der Waals surface area (Å²) in [6.45, 7) is 21.3. The fraction of sp³-hybridized carbons (Fsp3) is 0.519. The lowest BCUT2D eigenvalue weighted by Gasteiger charge is -2.36. The van der Waals surface area contributed by atoms with Gasteiger partial charge in [0.15, 0.2) is 5.75 Å². The van der Waals surface area contributed by atoms with Crippen molar-refractivity contribution in [2.24, 2.45) is 0 Å². The van der Waals surface area contributed by atoms with Crippen LogP contribution >= 0.6 is 78.0 Å². The Bertz CT molecular complexity index is 4430. The maximum atomic E-state index is 11.3. The van der Waals surface area contributed by atoms with Crippen LogP contribution < -0.4 is 51.2 Å². The van der Waals surface area contributed by atoms with Crippen molar-refractivity contribution < 1.29 is 76.0 Å². The van der Waals surface area contributed by atoms with Gasteiger partial charge < -0.3 is 61.0 Å². The van der Waals surface area contributed by atoms with Gasteiger partial charge in [0.2, 0.25) is 11.2 Å². The SMILES string of the molecule is BrP(Br)Br.C.C.C.C.C1CCOC1.C=CC(=O)Nc1cccc(Oc2nc(Cl)ncc2OC)c1.CS(=O)(=O)CCBr.CS(=O)(=O)CCN1CCN(c2ccc(N)cc2)CC1.CS(=O)(=O)CCN1CCN(c2ccc(N)cc2)CC1.CS(=O)(=O)CCN1CCN(c2ccc([N+](=O)[O-])cc2)CC1.CS(=O)(=O)CCO.O=[N+]([O-])c1ccc(N2CCNCC2)cc1. The minimum Gasteiger partial charge on any atom is -0.490 e. The van der Waals surface area contributed by atoms with Crippen LogP contribution in [0.3, 0.4) is 0 Å². The van der Waals surface area contributed by atoms with Crippen LogP contribution in [0.5, 0.6) is 17.4 Å². The lowest BCUT2D eigenvalue weighted by Crippen LogP contribution is -2.47. The maximum absolute atomic E-state index is 11.3. The number of nitrogens with two attached hydrogens (primary N) is 2. The summed E-state index contributed by atoms with van der Waals surface area (Å²) in [5, 5.41) is 35.6. The Balaban J connectivity index is 0. The number of amides is 1. The van der Waals surface area contributed by atoms with Crippen LogP contribution in [0.1, 0.15) is 42.5 Å². The first kappa shape index (κ1) is 118. The molecule has 0 spiro atoms. The van der Waals surface area contributed by atoms with Crippen LogP contribution in [0.2, 0.25) is 5.28 Å². The number of rotatable bonds is 24. The molecule has 6 heterocycles. The number of non-ortho nitro benzene ring substituents is 2. The van der Waals surface area contributed by atoms with E-state index in [1.165, 1.54) is 80.8 Å². The molecule has 5 aromatic carbocycles. The van der Waals surface area contributed by atoms with Gasteiger partial charge in [0.25, 0.3) is 17.3 Å². The number of benzene rings is 5. The average Bonchev–Trinajstić information content (AvgIpc) is 0.916. The number of hydrogen-bond acceptors (Lipinski definition) is 31. The van der Waals surface area contributed by atoms with E-state index in [2.05, 4.69) is 124 Å². The van der Waals surface area contributed by atoms with E-state index in [1.807, 2.05) is 60.7 Å². The second kappa shape index (κ2) is 62.0. The van der Waals surface area contributed by atoms with Crippen LogP contribution in [0.15, 0.2) is 140 Å². The molecule has 5 fully saturated rings. The van der Waals surface area contributed by atoms with Crippen LogP contribution in [0.25, 0.3) is 0 Å². The van der Waals surface area contributed by atoms with Crippen LogP contribution in [-0.4, -0.2) is 304 Å². The smallest absolute Gasteiger partial charge is 0.269 e. The Morgan fingerprint density at radius 2 is 0.910 bits per heavy atom. The molecule has 5 aliphatic rings. The third-order valence-electron chi connectivity index (χ3n) is 17.1. The number of methoxy groups -OCH3 is 1. The van der Waals surface area contributed by atoms with Crippen molar-refractivity contribution in [1.29, 1.82) is 0 Å². The number of nitrogens with one attached hydrogen (secondary N) is 2. The van der Waals surface area contributed by atoms with Crippen LogP contribution in [0.4, 0.5) is 51.2 Å². The van der Waals surface area contributed by atoms with Crippen molar-refractivity contribution in [3.63, 3.8) is 0 Å². The topological polar surface area (TPSA) is 447 Å². The number of ether oxygens (including phenoxy) is 3. The summed E-state index contributed by atoms with van der Waals surface area (Å²) >= 11 is 18.2. The van der Waals surface area contributed by atoms with Gasteiger partial charge in [-0.3, -0.25) is 39.7 Å². The summed E-state index contributed by atoms with van der Waals surface area (Å²) in [5.74, 6) is 1.46. The summed E-state index contributed by atoms with van der Waals surface area (Å²) in [6.07, 6.45) is 11.3. The summed E-state index contributed by atoms with van der Waals surface area (Å²) in [4.78, 5) is 54.8. The monoisotopic (exact) mass is 2110 g/mol. The molecular weight excluding hydrogens is 1990 g/mol. The van der Waals surface area contributed by atoms with Gasteiger partial charge in [0, 0.05) is 244 Å². The van der Waals surface area contributed by atoms with E-state index in [9.17, 15) is 67.1 Å². The molecule has 692 valence electrons. The minimum absolute atomic E-state index is 0. The first-order valence-electron chi connectivity index (χ1n) is 36.7. The number of anilines is 7. The molecule has 45 heteroatoms. The van der Waals surface area contributed by atoms with Gasteiger partial charge in [-0.2, -0.15) is 4.98 Å². The molecule has 0 bridgehead atoms. The number of hydrogen-bond donors (Lipinski definition) is 5. The third kappa shape index (κ3) is 55.3. The highest BCUT2D eigenvalue weighted by molar-refractivity contribution is 9.93. The first-order chi connectivity index (χ1) is 55.5. The summed E-state index contributed by atoms with van der Waals surface area (Å²) in [6, 6.07) is 35.8. The number of piperazine rings is 4. The van der Waals surface area contributed by atoms with Crippen molar-refractivity contribution in [3.05, 3.63) is 166 Å². The summed E-state index contributed by atoms with van der Waals surface area (Å²) < 4.78 is 123. The molecule has 7 N–H and O–H groups in total. The van der Waals surface area contributed by atoms with E-state index >= 15 is 0 Å². The van der Waals surface area contributed by atoms with Gasteiger partial charge in [-0.15, -0.1) is 0 Å². The number of halogens is 5. The van der Waals surface area contributed by atoms with Crippen LogP contribution in [-0.2, 0) is 58.7 Å². The summed E-state index contributed by atoms with van der Waals surface area (Å²) in [7, 11) is -12.8. The van der Waals surface area contributed by atoms with E-state index in [4.69, 9.17) is 42.4 Å². The molecule has 122 heavy (non-hydrogen) atoms. The molecule has 34 nitrogen and oxygen atoms in total. The van der Waals surface area contributed by atoms with Crippen LogP contribution in [0, 0.1) is 20.2 Å². The highest BCUT2D eigenvalue weighted by atomic mass is 80.0. The highest BCUT2D eigenvalue weighted by Gasteiger charge is 2.23. The average molecular weight is 2110 g/mol. The molecule has 6 aromatic rings.